The first-order chi connectivity index (χ1) is 4.24. The van der Waals surface area contributed by atoms with Crippen molar-refractivity contribution in [2.45, 2.75) is 18.6 Å². The second-order valence-corrected chi connectivity index (χ2v) is 2.00. The van der Waals surface area contributed by atoms with Gasteiger partial charge in [-0.1, -0.05) is 6.29 Å². The summed E-state index contributed by atoms with van der Waals surface area (Å²) in [6.45, 7) is -0.259. The maximum Gasteiger partial charge on any atom is 0.0732 e. The Balaban J connectivity index is 0.000000810. The molecule has 1 saturated heterocycles. The van der Waals surface area contributed by atoms with Crippen LogP contribution in [0.5, 0.6) is 0 Å². The van der Waals surface area contributed by atoms with E-state index < -0.39 is 12.2 Å². The van der Waals surface area contributed by atoms with Crippen molar-refractivity contribution >= 4 is 0 Å². The minimum Gasteiger partial charge on any atom is -0.536 e. The molecule has 0 aliphatic carbocycles. The molecule has 1 aliphatic heterocycles. The molecule has 1 heterocycles. The Labute approximate surface area is 69.3 Å². The topological polar surface area (TPSA) is 69.9 Å². The quantitative estimate of drug-likeness (QED) is 0.365. The molecule has 0 radical (unpaired) electrons. The Bertz CT molecular complexity index is 99.6. The number of aliphatic hydroxyl groups excluding tert-OH is 3. The average molecular weight is 189 g/mol. The van der Waals surface area contributed by atoms with Gasteiger partial charge in [0.05, 0.1) is 18.8 Å². The number of aliphatic hydroxyl groups is 3. The van der Waals surface area contributed by atoms with Gasteiger partial charge in [0.1, 0.15) is 0 Å². The van der Waals surface area contributed by atoms with E-state index in [4.69, 9.17) is 15.3 Å². The van der Waals surface area contributed by atoms with Gasteiger partial charge in [0.15, 0.2) is 0 Å². The average Bonchev–Trinajstić information content (AvgIpc) is 2.10. The number of ether oxygens (including phenoxy) is 1. The molecule has 1 fully saturated rings. The summed E-state index contributed by atoms with van der Waals surface area (Å²) >= 11 is 0. The van der Waals surface area contributed by atoms with Crippen LogP contribution in [0.4, 0.5) is 0 Å². The third kappa shape index (κ3) is 2.20. The van der Waals surface area contributed by atoms with Crippen LogP contribution in [0.15, 0.2) is 0 Å². The molecule has 5 heteroatoms. The van der Waals surface area contributed by atoms with Gasteiger partial charge in [-0.05, 0) is 0 Å². The van der Waals surface area contributed by atoms with E-state index in [0.29, 0.717) is 0 Å². The predicted octanol–water partition coefficient (Wildman–Crippen LogP) is -1.01. The third-order valence-electron chi connectivity index (χ3n) is 1.28. The minimum absolute atomic E-state index is 0. The van der Waals surface area contributed by atoms with Crippen LogP contribution < -0.4 is 0 Å². The molecule has 0 bridgehead atoms. The second kappa shape index (κ2) is 4.28. The van der Waals surface area contributed by atoms with Gasteiger partial charge >= 0.3 is 0 Å². The fraction of sp³-hybridized carbons (Fsp3) is 0.800. The molecule has 0 unspecified atom stereocenters. The molecule has 0 aromatic carbocycles. The van der Waals surface area contributed by atoms with Gasteiger partial charge in [-0.3, -0.25) is 0 Å². The van der Waals surface area contributed by atoms with Gasteiger partial charge in [0.2, 0.25) is 0 Å². The van der Waals surface area contributed by atoms with Crippen LogP contribution in [0.2, 0.25) is 0 Å². The first-order valence-corrected chi connectivity index (χ1v) is 2.74. The fourth-order valence-corrected chi connectivity index (χ4v) is 0.771. The molecular formula is C5H9FeO4-. The van der Waals surface area contributed by atoms with Crippen LogP contribution in [0.25, 0.3) is 0 Å². The van der Waals surface area contributed by atoms with Gasteiger partial charge in [0, 0.05) is 17.1 Å². The Morgan fingerprint density at radius 2 is 2.20 bits per heavy atom. The fourth-order valence-electron chi connectivity index (χ4n) is 0.771. The van der Waals surface area contributed by atoms with Gasteiger partial charge in [-0.25, -0.2) is 0 Å². The van der Waals surface area contributed by atoms with Crippen molar-refractivity contribution in [3.05, 3.63) is 6.29 Å². The summed E-state index contributed by atoms with van der Waals surface area (Å²) in [4.78, 5) is 0. The molecule has 4 nitrogen and oxygen atoms in total. The zero-order valence-electron chi connectivity index (χ0n) is 5.17. The first-order valence-electron chi connectivity index (χ1n) is 2.74. The van der Waals surface area contributed by atoms with Gasteiger partial charge < -0.3 is 20.1 Å². The smallest absolute Gasteiger partial charge is 0.0732 e. The summed E-state index contributed by atoms with van der Waals surface area (Å²) in [5.74, 6) is 0. The molecule has 0 amide bonds. The van der Waals surface area contributed by atoms with E-state index in [-0.39, 0.29) is 36.4 Å². The van der Waals surface area contributed by atoms with E-state index in [1.165, 1.54) is 0 Å². The van der Waals surface area contributed by atoms with Crippen LogP contribution in [-0.4, -0.2) is 34.1 Å². The van der Waals surface area contributed by atoms with E-state index in [2.05, 4.69) is 4.74 Å². The number of hydrogen-bond acceptors (Lipinski definition) is 4. The SMILES string of the molecule is OC[C@H]1O[C-](O)C[C@@H]1O.[Fe]. The minimum atomic E-state index is -0.755. The van der Waals surface area contributed by atoms with Crippen molar-refractivity contribution in [1.82, 2.24) is 0 Å². The molecular weight excluding hydrogens is 180 g/mol. The Morgan fingerprint density at radius 1 is 1.60 bits per heavy atom. The normalized spacial score (nSPS) is 33.9. The zero-order chi connectivity index (χ0) is 6.85. The Kier molecular flexibility index (Phi) is 4.44. The Hall–Kier alpha value is 0.359. The summed E-state index contributed by atoms with van der Waals surface area (Å²) in [5, 5.41) is 26.0. The molecule has 0 spiro atoms. The van der Waals surface area contributed by atoms with Crippen molar-refractivity contribution in [3.8, 4) is 0 Å². The van der Waals surface area contributed by atoms with Gasteiger partial charge in [0.25, 0.3) is 0 Å². The van der Waals surface area contributed by atoms with Crippen molar-refractivity contribution in [2.24, 2.45) is 0 Å². The van der Waals surface area contributed by atoms with Crippen molar-refractivity contribution in [3.63, 3.8) is 0 Å². The maximum absolute atomic E-state index is 8.89. The maximum atomic E-state index is 8.89. The standard InChI is InChI=1S/C5H9O4.Fe/c6-2-4-3(7)1-5(8)9-4;/h3-4,6-8H,1-2H2;/q-1;/t3-,4+;/m0./s1. The van der Waals surface area contributed by atoms with E-state index in [0.717, 1.165) is 0 Å². The summed E-state index contributed by atoms with van der Waals surface area (Å²) < 4.78 is 4.59. The predicted molar refractivity (Wildman–Crippen MR) is 27.8 cm³/mol. The van der Waals surface area contributed by atoms with Crippen LogP contribution in [0, 0.1) is 6.29 Å². The molecule has 2 atom stereocenters. The molecule has 0 aromatic heterocycles. The van der Waals surface area contributed by atoms with Gasteiger partial charge in [-0.15, -0.1) is 6.42 Å². The number of hydrogen-bond donors (Lipinski definition) is 3. The van der Waals surface area contributed by atoms with Crippen LogP contribution >= 0.6 is 0 Å². The Morgan fingerprint density at radius 3 is 2.40 bits per heavy atom. The largest absolute Gasteiger partial charge is 0.536 e. The summed E-state index contributed by atoms with van der Waals surface area (Å²) in [6.07, 6.45) is -1.47. The molecule has 1 aliphatic rings. The number of rotatable bonds is 1. The van der Waals surface area contributed by atoms with Crippen LogP contribution in [0.3, 0.4) is 0 Å². The molecule has 1 rings (SSSR count). The molecule has 62 valence electrons. The van der Waals surface area contributed by atoms with E-state index in [1.54, 1.807) is 0 Å². The van der Waals surface area contributed by atoms with E-state index in [1.807, 2.05) is 0 Å². The third-order valence-corrected chi connectivity index (χ3v) is 1.28. The summed E-state index contributed by atoms with van der Waals surface area (Å²) in [5.41, 5.74) is 0. The van der Waals surface area contributed by atoms with Crippen molar-refractivity contribution in [2.75, 3.05) is 6.61 Å². The first kappa shape index (κ1) is 10.4. The van der Waals surface area contributed by atoms with Gasteiger partial charge in [-0.2, -0.15) is 0 Å². The van der Waals surface area contributed by atoms with Crippen LogP contribution in [0.1, 0.15) is 6.42 Å². The molecule has 0 saturated carbocycles. The zero-order valence-corrected chi connectivity index (χ0v) is 6.28. The summed E-state index contributed by atoms with van der Waals surface area (Å²) in [6, 6.07) is 0. The van der Waals surface area contributed by atoms with E-state index >= 15 is 0 Å². The monoisotopic (exact) mass is 189 g/mol. The summed E-state index contributed by atoms with van der Waals surface area (Å²) in [7, 11) is 0. The van der Waals surface area contributed by atoms with Crippen molar-refractivity contribution < 1.29 is 37.1 Å². The van der Waals surface area contributed by atoms with E-state index in [9.17, 15) is 0 Å². The van der Waals surface area contributed by atoms with Crippen LogP contribution in [-0.2, 0) is 21.8 Å². The molecule has 0 aromatic rings. The molecule has 3 N–H and O–H groups in total. The molecule has 10 heavy (non-hydrogen) atoms. The second-order valence-electron chi connectivity index (χ2n) is 2.00. The van der Waals surface area contributed by atoms with Crippen molar-refractivity contribution in [1.29, 1.82) is 0 Å².